The first-order valence-corrected chi connectivity index (χ1v) is 6.95. The van der Waals surface area contributed by atoms with Crippen molar-refractivity contribution in [2.45, 2.75) is 4.90 Å². The van der Waals surface area contributed by atoms with E-state index in [4.69, 9.17) is 10.8 Å². The number of carboxylic acid groups (broad SMARTS) is 1. The number of carbonyl (C=O) groups is 1. The van der Waals surface area contributed by atoms with Crippen LogP contribution >= 0.6 is 0 Å². The Labute approximate surface area is 115 Å². The Balaban J connectivity index is 2.38. The van der Waals surface area contributed by atoms with Crippen LogP contribution in [0.2, 0.25) is 0 Å². The number of nitrogens with two attached hydrogens (primary N) is 1. The molecule has 1 heterocycles. The number of sulfonamides is 1. The number of hydrogen-bond donors (Lipinski definition) is 3. The Bertz CT molecular complexity index is 742. The molecule has 8 heteroatoms. The Morgan fingerprint density at radius 2 is 1.85 bits per heavy atom. The highest BCUT2D eigenvalue weighted by atomic mass is 32.2. The van der Waals surface area contributed by atoms with Gasteiger partial charge in [0.05, 0.1) is 4.90 Å². The van der Waals surface area contributed by atoms with Crippen molar-refractivity contribution in [3.8, 4) is 0 Å². The molecule has 0 aliphatic rings. The molecule has 0 saturated heterocycles. The van der Waals surface area contributed by atoms with Crippen LogP contribution in [0.4, 0.5) is 11.5 Å². The molecular formula is C12H11N3O4S. The van der Waals surface area contributed by atoms with Crippen LogP contribution in [0.5, 0.6) is 0 Å². The number of nitrogens with zero attached hydrogens (tertiary/aromatic N) is 1. The molecule has 7 nitrogen and oxygen atoms in total. The largest absolute Gasteiger partial charge is 0.478 e. The Morgan fingerprint density at radius 1 is 1.20 bits per heavy atom. The summed E-state index contributed by atoms with van der Waals surface area (Å²) in [5.41, 5.74) is 5.68. The summed E-state index contributed by atoms with van der Waals surface area (Å²) in [6, 6.07) is 8.18. The summed E-state index contributed by atoms with van der Waals surface area (Å²) in [7, 11) is -3.92. The van der Waals surface area contributed by atoms with Gasteiger partial charge in [0.15, 0.2) is 5.82 Å². The lowest BCUT2D eigenvalue weighted by atomic mass is 10.3. The predicted molar refractivity (Wildman–Crippen MR) is 72.9 cm³/mol. The summed E-state index contributed by atoms with van der Waals surface area (Å²) in [5, 5.41) is 8.98. The molecule has 0 aliphatic heterocycles. The number of rotatable bonds is 4. The van der Waals surface area contributed by atoms with Gasteiger partial charge in [-0.3, -0.25) is 4.72 Å². The van der Waals surface area contributed by atoms with Gasteiger partial charge in [0.1, 0.15) is 5.56 Å². The predicted octanol–water partition coefficient (Wildman–Crippen LogP) is 1.16. The van der Waals surface area contributed by atoms with Crippen molar-refractivity contribution in [1.29, 1.82) is 0 Å². The van der Waals surface area contributed by atoms with Crippen LogP contribution < -0.4 is 10.5 Å². The second-order valence-electron chi connectivity index (χ2n) is 3.88. The molecule has 0 unspecified atom stereocenters. The molecular weight excluding hydrogens is 282 g/mol. The number of anilines is 2. The van der Waals surface area contributed by atoms with Crippen molar-refractivity contribution >= 4 is 27.5 Å². The standard InChI is InChI=1S/C12H11N3O4S/c13-8-3-5-9(6-4-8)20(18,19)15-11-10(12(16)17)2-1-7-14-11/h1-7H,13H2,(H,14,15)(H,16,17). The van der Waals surface area contributed by atoms with E-state index in [1.807, 2.05) is 0 Å². The Kier molecular flexibility index (Phi) is 3.57. The molecule has 2 aromatic rings. The van der Waals surface area contributed by atoms with Gasteiger partial charge in [-0.2, -0.15) is 0 Å². The number of nitrogens with one attached hydrogen (secondary N) is 1. The van der Waals surface area contributed by atoms with Crippen LogP contribution in [0.25, 0.3) is 0 Å². The SMILES string of the molecule is Nc1ccc(S(=O)(=O)Nc2ncccc2C(=O)O)cc1. The Hall–Kier alpha value is -2.61. The van der Waals surface area contributed by atoms with Gasteiger partial charge < -0.3 is 10.8 Å². The number of hydrogen-bond acceptors (Lipinski definition) is 5. The van der Waals surface area contributed by atoms with Crippen molar-refractivity contribution in [3.05, 3.63) is 48.2 Å². The van der Waals surface area contributed by atoms with E-state index in [2.05, 4.69) is 9.71 Å². The molecule has 0 atom stereocenters. The van der Waals surface area contributed by atoms with Gasteiger partial charge in [-0.25, -0.2) is 18.2 Å². The Morgan fingerprint density at radius 3 is 2.45 bits per heavy atom. The zero-order chi connectivity index (χ0) is 14.8. The van der Waals surface area contributed by atoms with E-state index in [0.717, 1.165) is 0 Å². The summed E-state index contributed by atoms with van der Waals surface area (Å²) in [4.78, 5) is 14.7. The summed E-state index contributed by atoms with van der Waals surface area (Å²) in [6.07, 6.45) is 1.30. The first-order chi connectivity index (χ1) is 9.40. The maximum atomic E-state index is 12.1. The first kappa shape index (κ1) is 13.8. The number of carboxylic acids is 1. The minimum absolute atomic E-state index is 0.0336. The van der Waals surface area contributed by atoms with Crippen molar-refractivity contribution in [2.24, 2.45) is 0 Å². The summed E-state index contributed by atoms with van der Waals surface area (Å²) in [5.74, 6) is -1.51. The van der Waals surface area contributed by atoms with E-state index >= 15 is 0 Å². The minimum atomic E-state index is -3.92. The molecule has 2 rings (SSSR count). The van der Waals surface area contributed by atoms with Crippen LogP contribution in [0.1, 0.15) is 10.4 Å². The van der Waals surface area contributed by atoms with Crippen molar-refractivity contribution < 1.29 is 18.3 Å². The topological polar surface area (TPSA) is 122 Å². The van der Waals surface area contributed by atoms with E-state index < -0.39 is 16.0 Å². The molecule has 20 heavy (non-hydrogen) atoms. The average Bonchev–Trinajstić information content (AvgIpc) is 2.39. The first-order valence-electron chi connectivity index (χ1n) is 5.47. The quantitative estimate of drug-likeness (QED) is 0.727. The molecule has 0 aliphatic carbocycles. The van der Waals surface area contributed by atoms with E-state index in [9.17, 15) is 13.2 Å². The van der Waals surface area contributed by atoms with Crippen LogP contribution in [0.15, 0.2) is 47.5 Å². The van der Waals surface area contributed by atoms with Gasteiger partial charge in [0.2, 0.25) is 0 Å². The third-order valence-electron chi connectivity index (χ3n) is 2.46. The number of aromatic carboxylic acids is 1. The lowest BCUT2D eigenvalue weighted by molar-refractivity contribution is 0.0697. The van der Waals surface area contributed by atoms with E-state index in [1.165, 1.54) is 42.6 Å². The fourth-order valence-corrected chi connectivity index (χ4v) is 2.52. The fraction of sp³-hybridized carbons (Fsp3) is 0. The van der Waals surface area contributed by atoms with Gasteiger partial charge in [-0.05, 0) is 36.4 Å². The molecule has 4 N–H and O–H groups in total. The lowest BCUT2D eigenvalue weighted by Gasteiger charge is -2.09. The molecule has 0 fully saturated rings. The zero-order valence-electron chi connectivity index (χ0n) is 10.1. The molecule has 1 aromatic heterocycles. The summed E-state index contributed by atoms with van der Waals surface area (Å²) >= 11 is 0. The van der Waals surface area contributed by atoms with Crippen molar-refractivity contribution in [1.82, 2.24) is 4.98 Å². The minimum Gasteiger partial charge on any atom is -0.478 e. The summed E-state index contributed by atoms with van der Waals surface area (Å²) in [6.45, 7) is 0. The molecule has 0 radical (unpaired) electrons. The van der Waals surface area contributed by atoms with E-state index in [0.29, 0.717) is 5.69 Å². The number of aromatic nitrogens is 1. The van der Waals surface area contributed by atoms with Crippen molar-refractivity contribution in [2.75, 3.05) is 10.5 Å². The average molecular weight is 293 g/mol. The third kappa shape index (κ3) is 2.86. The highest BCUT2D eigenvalue weighted by Gasteiger charge is 2.19. The van der Waals surface area contributed by atoms with Gasteiger partial charge in [0.25, 0.3) is 10.0 Å². The lowest BCUT2D eigenvalue weighted by Crippen LogP contribution is -2.16. The van der Waals surface area contributed by atoms with Gasteiger partial charge in [-0.1, -0.05) is 0 Å². The molecule has 0 bridgehead atoms. The normalized spacial score (nSPS) is 11.0. The van der Waals surface area contributed by atoms with Crippen LogP contribution in [-0.4, -0.2) is 24.5 Å². The molecule has 0 amide bonds. The smallest absolute Gasteiger partial charge is 0.339 e. The highest BCUT2D eigenvalue weighted by Crippen LogP contribution is 2.18. The highest BCUT2D eigenvalue weighted by molar-refractivity contribution is 7.92. The third-order valence-corrected chi connectivity index (χ3v) is 3.81. The van der Waals surface area contributed by atoms with Crippen LogP contribution in [-0.2, 0) is 10.0 Å². The molecule has 0 saturated carbocycles. The van der Waals surface area contributed by atoms with Gasteiger partial charge in [0, 0.05) is 11.9 Å². The van der Waals surface area contributed by atoms with Crippen LogP contribution in [0, 0.1) is 0 Å². The maximum Gasteiger partial charge on any atom is 0.339 e. The fourth-order valence-electron chi connectivity index (χ4n) is 1.49. The van der Waals surface area contributed by atoms with E-state index in [-0.39, 0.29) is 16.3 Å². The number of nitrogen functional groups attached to an aromatic ring is 1. The molecule has 1 aromatic carbocycles. The van der Waals surface area contributed by atoms with E-state index in [1.54, 1.807) is 0 Å². The monoisotopic (exact) mass is 293 g/mol. The zero-order valence-corrected chi connectivity index (χ0v) is 11.0. The molecule has 0 spiro atoms. The second kappa shape index (κ2) is 5.17. The van der Waals surface area contributed by atoms with Crippen LogP contribution in [0.3, 0.4) is 0 Å². The number of benzene rings is 1. The van der Waals surface area contributed by atoms with Crippen molar-refractivity contribution in [3.63, 3.8) is 0 Å². The number of pyridine rings is 1. The molecule has 104 valence electrons. The maximum absolute atomic E-state index is 12.1. The van der Waals surface area contributed by atoms with Gasteiger partial charge >= 0.3 is 5.97 Å². The summed E-state index contributed by atoms with van der Waals surface area (Å²) < 4.78 is 26.3. The van der Waals surface area contributed by atoms with Gasteiger partial charge in [-0.15, -0.1) is 0 Å². The second-order valence-corrected chi connectivity index (χ2v) is 5.56.